The largest absolute Gasteiger partial charge is 0.405 e. The number of aliphatic imine (C=N–C) groups is 1. The zero-order valence-electron chi connectivity index (χ0n) is 30.0. The van der Waals surface area contributed by atoms with E-state index >= 15 is 0 Å². The van der Waals surface area contributed by atoms with Crippen LogP contribution in [0.15, 0.2) is 169 Å². The van der Waals surface area contributed by atoms with Gasteiger partial charge in [-0.3, -0.25) is 4.99 Å². The summed E-state index contributed by atoms with van der Waals surface area (Å²) in [6, 6.07) is 23.7. The zero-order chi connectivity index (χ0) is 35.1. The van der Waals surface area contributed by atoms with E-state index in [2.05, 4.69) is 128 Å². The number of benzene rings is 3. The molecule has 0 heterocycles. The Morgan fingerprint density at radius 3 is 2.45 bits per heavy atom. The van der Waals surface area contributed by atoms with Crippen LogP contribution in [0.4, 0.5) is 0 Å². The number of hydrogen-bond donors (Lipinski definition) is 1. The summed E-state index contributed by atoms with van der Waals surface area (Å²) in [5.41, 5.74) is 17.8. The van der Waals surface area contributed by atoms with E-state index < -0.39 is 0 Å². The number of allylic oxidation sites excluding steroid dienone is 15. The first-order valence-electron chi connectivity index (χ1n) is 18.8. The summed E-state index contributed by atoms with van der Waals surface area (Å²) in [7, 11) is 0. The van der Waals surface area contributed by atoms with Gasteiger partial charge in [0, 0.05) is 5.56 Å². The van der Waals surface area contributed by atoms with Gasteiger partial charge in [-0.2, -0.15) is 0 Å². The van der Waals surface area contributed by atoms with Crippen LogP contribution < -0.4 is 5.73 Å². The summed E-state index contributed by atoms with van der Waals surface area (Å²) in [5.74, 6) is 1.45. The molecule has 3 aliphatic rings. The van der Waals surface area contributed by atoms with Crippen LogP contribution in [-0.4, -0.2) is 5.71 Å². The predicted octanol–water partition coefficient (Wildman–Crippen LogP) is 12.5. The first kappa shape index (κ1) is 35.6. The molecule has 2 unspecified atom stereocenters. The van der Waals surface area contributed by atoms with Gasteiger partial charge in [-0.1, -0.05) is 152 Å². The van der Waals surface area contributed by atoms with Crippen LogP contribution in [0.1, 0.15) is 79.2 Å². The van der Waals surface area contributed by atoms with Crippen molar-refractivity contribution in [2.45, 2.75) is 64.3 Å². The van der Waals surface area contributed by atoms with E-state index in [4.69, 9.17) is 10.7 Å². The van der Waals surface area contributed by atoms with Crippen LogP contribution in [0, 0.1) is 11.8 Å². The van der Waals surface area contributed by atoms with Crippen molar-refractivity contribution in [1.82, 2.24) is 0 Å². The lowest BCUT2D eigenvalue weighted by Gasteiger charge is -2.31. The van der Waals surface area contributed by atoms with E-state index in [1.54, 1.807) is 5.57 Å². The topological polar surface area (TPSA) is 38.4 Å². The van der Waals surface area contributed by atoms with Crippen molar-refractivity contribution in [1.29, 1.82) is 0 Å². The molecule has 0 aliphatic heterocycles. The summed E-state index contributed by atoms with van der Waals surface area (Å²) >= 11 is 0. The summed E-state index contributed by atoms with van der Waals surface area (Å²) in [4.78, 5) is 5.13. The maximum atomic E-state index is 5.53. The molecule has 0 spiro atoms. The van der Waals surface area contributed by atoms with E-state index in [0.29, 0.717) is 6.54 Å². The second-order valence-electron chi connectivity index (χ2n) is 13.7. The van der Waals surface area contributed by atoms with E-state index in [1.807, 2.05) is 30.4 Å². The van der Waals surface area contributed by atoms with Crippen LogP contribution in [0.2, 0.25) is 0 Å². The minimum absolute atomic E-state index is 0.618. The van der Waals surface area contributed by atoms with Crippen molar-refractivity contribution in [3.63, 3.8) is 0 Å². The third kappa shape index (κ3) is 9.52. The van der Waals surface area contributed by atoms with Crippen molar-refractivity contribution in [3.8, 4) is 11.1 Å². The standard InChI is InChI=1S/C49H52N2/c1-38(21-7-4-10-24-41-27-14-15-29-43(41)40-25-11-6-12-26-40)42-28-16-17-30-44(42)47-34-35-48(46-32-19-18-31-45(46)47)49(33-13-2-3-20-36-50)51-37-39-22-8-5-9-23-39/h2-5,7-11,13,16-17,19-23,25,27-28,30,32-36,40,43H,1,6,12,14-15,18,24,26,29,31,37,50H2/b3-2-,10-4-,21-7-,33-13+,36-20-,51-49?. The molecule has 2 N–H and O–H groups in total. The summed E-state index contributed by atoms with van der Waals surface area (Å²) in [6.45, 7) is 5.15. The van der Waals surface area contributed by atoms with Gasteiger partial charge in [-0.25, -0.2) is 0 Å². The predicted molar refractivity (Wildman–Crippen MR) is 221 cm³/mol. The Hall–Kier alpha value is -5.21. The summed E-state index contributed by atoms with van der Waals surface area (Å²) in [5, 5.41) is 0. The Labute approximate surface area is 306 Å². The molecular weight excluding hydrogens is 617 g/mol. The summed E-state index contributed by atoms with van der Waals surface area (Å²) < 4.78 is 0. The molecule has 0 radical (unpaired) electrons. The van der Waals surface area contributed by atoms with E-state index in [-0.39, 0.29) is 0 Å². The number of rotatable bonds is 13. The highest BCUT2D eigenvalue weighted by molar-refractivity contribution is 6.12. The molecule has 6 rings (SSSR count). The molecule has 0 saturated heterocycles. The number of fused-ring (bicyclic) bond motifs is 1. The molecule has 0 fully saturated rings. The fraction of sp³-hybridized carbons (Fsp3) is 0.245. The lowest BCUT2D eigenvalue weighted by molar-refractivity contribution is 0.359. The number of nitrogens with zero attached hydrogens (tertiary/aromatic N) is 1. The SMILES string of the molecule is C=C(/C=C\C=C/CC1=CCCCC1C1C=CCCC1)c1ccccc1-c1ccc(C(/C=C/C=C\C=C/N)=NCc2ccccc2)c2c1CCC=C2. The maximum absolute atomic E-state index is 5.53. The van der Waals surface area contributed by atoms with Crippen LogP contribution in [0.5, 0.6) is 0 Å². The molecule has 0 aromatic heterocycles. The minimum atomic E-state index is 0.618. The van der Waals surface area contributed by atoms with Gasteiger partial charge in [-0.05, 0) is 127 Å². The first-order chi connectivity index (χ1) is 25.2. The monoisotopic (exact) mass is 668 g/mol. The Balaban J connectivity index is 1.24. The lowest BCUT2D eigenvalue weighted by atomic mass is 9.74. The third-order valence-corrected chi connectivity index (χ3v) is 10.3. The molecule has 2 atom stereocenters. The Bertz CT molecular complexity index is 1920. The molecule has 3 aromatic carbocycles. The van der Waals surface area contributed by atoms with E-state index in [1.165, 1.54) is 78.1 Å². The molecule has 2 heteroatoms. The molecule has 0 amide bonds. The molecule has 3 aliphatic carbocycles. The average molecular weight is 669 g/mol. The molecule has 3 aromatic rings. The van der Waals surface area contributed by atoms with Crippen molar-refractivity contribution in [2.75, 3.05) is 0 Å². The molecule has 0 bridgehead atoms. The fourth-order valence-electron chi connectivity index (χ4n) is 7.76. The van der Waals surface area contributed by atoms with Gasteiger partial charge in [0.05, 0.1) is 12.3 Å². The van der Waals surface area contributed by atoms with Gasteiger partial charge in [-0.15, -0.1) is 0 Å². The molecular formula is C49H52N2. The zero-order valence-corrected chi connectivity index (χ0v) is 30.0. The molecule has 0 saturated carbocycles. The van der Waals surface area contributed by atoms with Gasteiger partial charge < -0.3 is 5.73 Å². The van der Waals surface area contributed by atoms with Crippen LogP contribution in [0.3, 0.4) is 0 Å². The quantitative estimate of drug-likeness (QED) is 0.110. The highest BCUT2D eigenvalue weighted by Gasteiger charge is 2.25. The third-order valence-electron chi connectivity index (χ3n) is 10.3. The average Bonchev–Trinajstić information content (AvgIpc) is 3.19. The Morgan fingerprint density at radius 2 is 1.59 bits per heavy atom. The Kier molecular flexibility index (Phi) is 13.0. The van der Waals surface area contributed by atoms with Crippen LogP contribution in [-0.2, 0) is 13.0 Å². The van der Waals surface area contributed by atoms with Crippen LogP contribution >= 0.6 is 0 Å². The number of hydrogen-bond acceptors (Lipinski definition) is 2. The fourth-order valence-corrected chi connectivity index (χ4v) is 7.76. The second-order valence-corrected chi connectivity index (χ2v) is 13.7. The Morgan fingerprint density at radius 1 is 0.765 bits per heavy atom. The van der Waals surface area contributed by atoms with Gasteiger partial charge in [0.1, 0.15) is 0 Å². The van der Waals surface area contributed by atoms with Crippen LogP contribution in [0.25, 0.3) is 22.8 Å². The van der Waals surface area contributed by atoms with Crippen molar-refractivity contribution in [2.24, 2.45) is 22.6 Å². The smallest absolute Gasteiger partial charge is 0.0656 e. The van der Waals surface area contributed by atoms with Gasteiger partial charge in [0.25, 0.3) is 0 Å². The highest BCUT2D eigenvalue weighted by Crippen LogP contribution is 2.39. The lowest BCUT2D eigenvalue weighted by Crippen LogP contribution is -2.19. The molecule has 258 valence electrons. The maximum Gasteiger partial charge on any atom is 0.0656 e. The van der Waals surface area contributed by atoms with Crippen molar-refractivity contribution >= 4 is 17.4 Å². The normalized spacial score (nSPS) is 19.5. The minimum Gasteiger partial charge on any atom is -0.405 e. The van der Waals surface area contributed by atoms with Gasteiger partial charge in [0.2, 0.25) is 0 Å². The van der Waals surface area contributed by atoms with Crippen molar-refractivity contribution in [3.05, 3.63) is 192 Å². The van der Waals surface area contributed by atoms with Crippen molar-refractivity contribution < 1.29 is 0 Å². The van der Waals surface area contributed by atoms with Gasteiger partial charge in [0.15, 0.2) is 0 Å². The molecule has 2 nitrogen and oxygen atoms in total. The number of nitrogens with two attached hydrogens (primary N) is 1. The molecule has 51 heavy (non-hydrogen) atoms. The van der Waals surface area contributed by atoms with Gasteiger partial charge >= 0.3 is 0 Å². The second kappa shape index (κ2) is 18.7. The van der Waals surface area contributed by atoms with E-state index in [9.17, 15) is 0 Å². The highest BCUT2D eigenvalue weighted by atomic mass is 14.7. The summed E-state index contributed by atoms with van der Waals surface area (Å²) in [6.07, 6.45) is 43.2. The van der Waals surface area contributed by atoms with E-state index in [0.717, 1.165) is 47.9 Å². The first-order valence-corrected chi connectivity index (χ1v) is 18.8.